The molecule has 0 bridgehead atoms. The van der Waals surface area contributed by atoms with Gasteiger partial charge in [0.15, 0.2) is 0 Å². The first-order valence-corrected chi connectivity index (χ1v) is 4.38. The molecule has 2 rings (SSSR count). The topological polar surface area (TPSA) is 42.4 Å². The van der Waals surface area contributed by atoms with Crippen LogP contribution in [0.1, 0.15) is 5.69 Å². The lowest BCUT2D eigenvalue weighted by Gasteiger charge is -2.05. The number of fused-ring (bicyclic) bond motifs is 1. The van der Waals surface area contributed by atoms with E-state index in [1.165, 1.54) is 0 Å². The molecule has 1 N–H and O–H groups in total. The zero-order chi connectivity index (χ0) is 9.97. The van der Waals surface area contributed by atoms with Crippen molar-refractivity contribution < 1.29 is 9.84 Å². The van der Waals surface area contributed by atoms with Crippen molar-refractivity contribution >= 4 is 10.9 Å². The Hall–Kier alpha value is -1.61. The smallest absolute Gasteiger partial charge is 0.128 e. The summed E-state index contributed by atoms with van der Waals surface area (Å²) in [7, 11) is 1.63. The van der Waals surface area contributed by atoms with E-state index in [1.54, 1.807) is 13.2 Å². The number of ether oxygens (including phenoxy) is 1. The van der Waals surface area contributed by atoms with Crippen molar-refractivity contribution in [3.63, 3.8) is 0 Å². The number of hydrogen-bond donors (Lipinski definition) is 1. The number of aromatic nitrogens is 1. The summed E-state index contributed by atoms with van der Waals surface area (Å²) in [5, 5.41) is 9.89. The molecule has 0 unspecified atom stereocenters. The minimum absolute atomic E-state index is 0.0346. The third-order valence-corrected chi connectivity index (χ3v) is 2.13. The van der Waals surface area contributed by atoms with Crippen molar-refractivity contribution in [2.45, 2.75) is 6.61 Å². The van der Waals surface area contributed by atoms with Crippen molar-refractivity contribution in [3.05, 3.63) is 36.0 Å². The number of aliphatic hydroxyl groups is 1. The molecule has 0 saturated carbocycles. The first-order valence-electron chi connectivity index (χ1n) is 4.38. The molecule has 0 amide bonds. The van der Waals surface area contributed by atoms with Crippen molar-refractivity contribution in [1.29, 1.82) is 0 Å². The fourth-order valence-electron chi connectivity index (χ4n) is 1.44. The Morgan fingerprint density at radius 2 is 2.14 bits per heavy atom. The van der Waals surface area contributed by atoms with Crippen LogP contribution in [-0.2, 0) is 6.61 Å². The van der Waals surface area contributed by atoms with Crippen LogP contribution >= 0.6 is 0 Å². The maximum Gasteiger partial charge on any atom is 0.128 e. The van der Waals surface area contributed by atoms with E-state index < -0.39 is 0 Å². The van der Waals surface area contributed by atoms with Crippen LogP contribution < -0.4 is 4.74 Å². The molecule has 0 saturated heterocycles. The van der Waals surface area contributed by atoms with Gasteiger partial charge in [0.1, 0.15) is 5.75 Å². The summed E-state index contributed by atoms with van der Waals surface area (Å²) in [4.78, 5) is 4.27. The summed E-state index contributed by atoms with van der Waals surface area (Å²) in [5.41, 5.74) is 1.52. The van der Waals surface area contributed by atoms with Crippen LogP contribution in [0.15, 0.2) is 30.3 Å². The summed E-state index contributed by atoms with van der Waals surface area (Å²) in [6.07, 6.45) is 0. The number of rotatable bonds is 2. The molecule has 3 nitrogen and oxygen atoms in total. The van der Waals surface area contributed by atoms with E-state index in [2.05, 4.69) is 4.98 Å². The van der Waals surface area contributed by atoms with Crippen molar-refractivity contribution in [1.82, 2.24) is 4.98 Å². The predicted molar refractivity (Wildman–Crippen MR) is 54.2 cm³/mol. The number of pyridine rings is 1. The van der Waals surface area contributed by atoms with Crippen LogP contribution in [0.4, 0.5) is 0 Å². The Bertz CT molecular complexity index is 454. The molecule has 3 heteroatoms. The highest BCUT2D eigenvalue weighted by molar-refractivity contribution is 5.85. The van der Waals surface area contributed by atoms with Crippen LogP contribution in [-0.4, -0.2) is 17.2 Å². The zero-order valence-electron chi connectivity index (χ0n) is 7.90. The Morgan fingerprint density at radius 1 is 1.29 bits per heavy atom. The highest BCUT2D eigenvalue weighted by atomic mass is 16.5. The second-order valence-electron chi connectivity index (χ2n) is 2.99. The van der Waals surface area contributed by atoms with Gasteiger partial charge in [-0.05, 0) is 24.3 Å². The average molecular weight is 189 g/mol. The molecule has 2 aromatic rings. The van der Waals surface area contributed by atoms with Crippen LogP contribution in [0.5, 0.6) is 5.75 Å². The summed E-state index contributed by atoms with van der Waals surface area (Å²) < 4.78 is 5.20. The standard InChI is InChI=1S/C11H11NO2/c1-14-11-4-2-3-10-9(11)6-5-8(7-13)12-10/h2-6,13H,7H2,1H3. The minimum Gasteiger partial charge on any atom is -0.496 e. The summed E-state index contributed by atoms with van der Waals surface area (Å²) in [6, 6.07) is 9.38. The van der Waals surface area contributed by atoms with E-state index >= 15 is 0 Å². The molecule has 0 spiro atoms. The number of aliphatic hydroxyl groups excluding tert-OH is 1. The molecule has 0 aliphatic heterocycles. The van der Waals surface area contributed by atoms with Crippen LogP contribution in [0.3, 0.4) is 0 Å². The van der Waals surface area contributed by atoms with Crippen molar-refractivity contribution in [3.8, 4) is 5.75 Å². The van der Waals surface area contributed by atoms with Gasteiger partial charge in [0, 0.05) is 5.39 Å². The van der Waals surface area contributed by atoms with E-state index in [0.29, 0.717) is 5.69 Å². The SMILES string of the molecule is COc1cccc2nc(CO)ccc12. The average Bonchev–Trinajstić information content (AvgIpc) is 2.27. The maximum atomic E-state index is 8.93. The van der Waals surface area contributed by atoms with Gasteiger partial charge >= 0.3 is 0 Å². The van der Waals surface area contributed by atoms with Gasteiger partial charge in [-0.2, -0.15) is 0 Å². The lowest BCUT2D eigenvalue weighted by Crippen LogP contribution is -1.91. The first-order chi connectivity index (χ1) is 6.85. The first kappa shape index (κ1) is 8.97. The minimum atomic E-state index is -0.0346. The van der Waals surface area contributed by atoms with Gasteiger partial charge in [-0.25, -0.2) is 0 Å². The van der Waals surface area contributed by atoms with Crippen molar-refractivity contribution in [2.24, 2.45) is 0 Å². The number of benzene rings is 1. The molecule has 14 heavy (non-hydrogen) atoms. The Labute approximate surface area is 82.0 Å². The number of hydrogen-bond acceptors (Lipinski definition) is 3. The van der Waals surface area contributed by atoms with Gasteiger partial charge in [0.25, 0.3) is 0 Å². The molecule has 1 aromatic heterocycles. The Balaban J connectivity index is 2.67. The quantitative estimate of drug-likeness (QED) is 0.782. The van der Waals surface area contributed by atoms with Gasteiger partial charge in [0.2, 0.25) is 0 Å². The molecule has 72 valence electrons. The maximum absolute atomic E-state index is 8.93. The van der Waals surface area contributed by atoms with Crippen LogP contribution in [0, 0.1) is 0 Å². The third-order valence-electron chi connectivity index (χ3n) is 2.13. The molecule has 0 fully saturated rings. The molecular weight excluding hydrogens is 178 g/mol. The Morgan fingerprint density at radius 3 is 2.86 bits per heavy atom. The normalized spacial score (nSPS) is 10.4. The predicted octanol–water partition coefficient (Wildman–Crippen LogP) is 1.74. The summed E-state index contributed by atoms with van der Waals surface area (Å²) >= 11 is 0. The molecule has 0 atom stereocenters. The van der Waals surface area contributed by atoms with Gasteiger partial charge < -0.3 is 9.84 Å². The summed E-state index contributed by atoms with van der Waals surface area (Å²) in [5.74, 6) is 0.805. The van der Waals surface area contributed by atoms with E-state index in [-0.39, 0.29) is 6.61 Å². The van der Waals surface area contributed by atoms with Crippen molar-refractivity contribution in [2.75, 3.05) is 7.11 Å². The molecule has 0 aliphatic carbocycles. The van der Waals surface area contributed by atoms with Gasteiger partial charge in [0.05, 0.1) is 24.9 Å². The second kappa shape index (κ2) is 3.64. The largest absolute Gasteiger partial charge is 0.496 e. The molecule has 1 aromatic carbocycles. The number of nitrogens with zero attached hydrogens (tertiary/aromatic N) is 1. The van der Waals surface area contributed by atoms with Crippen LogP contribution in [0.25, 0.3) is 10.9 Å². The monoisotopic (exact) mass is 189 g/mol. The fraction of sp³-hybridized carbons (Fsp3) is 0.182. The lowest BCUT2D eigenvalue weighted by molar-refractivity contribution is 0.277. The van der Waals surface area contributed by atoms with E-state index in [1.807, 2.05) is 24.3 Å². The Kier molecular flexibility index (Phi) is 2.33. The van der Waals surface area contributed by atoms with Gasteiger partial charge in [-0.15, -0.1) is 0 Å². The van der Waals surface area contributed by atoms with Gasteiger partial charge in [-0.3, -0.25) is 4.98 Å². The molecular formula is C11H11NO2. The van der Waals surface area contributed by atoms with E-state index in [0.717, 1.165) is 16.7 Å². The fourth-order valence-corrected chi connectivity index (χ4v) is 1.44. The zero-order valence-corrected chi connectivity index (χ0v) is 7.90. The number of methoxy groups -OCH3 is 1. The second-order valence-corrected chi connectivity index (χ2v) is 2.99. The molecule has 1 heterocycles. The molecule has 0 aliphatic rings. The summed E-state index contributed by atoms with van der Waals surface area (Å²) in [6.45, 7) is -0.0346. The highest BCUT2D eigenvalue weighted by Gasteiger charge is 2.01. The van der Waals surface area contributed by atoms with Gasteiger partial charge in [-0.1, -0.05) is 6.07 Å². The highest BCUT2D eigenvalue weighted by Crippen LogP contribution is 2.23. The third kappa shape index (κ3) is 1.42. The van der Waals surface area contributed by atoms with E-state index in [9.17, 15) is 0 Å². The van der Waals surface area contributed by atoms with E-state index in [4.69, 9.17) is 9.84 Å². The lowest BCUT2D eigenvalue weighted by atomic mass is 10.2. The van der Waals surface area contributed by atoms with Crippen LogP contribution in [0.2, 0.25) is 0 Å². The molecule has 0 radical (unpaired) electrons.